The van der Waals surface area contributed by atoms with Crippen molar-refractivity contribution in [3.8, 4) is 5.75 Å². The first-order valence-corrected chi connectivity index (χ1v) is 9.64. The number of hydrogen-bond acceptors (Lipinski definition) is 4. The summed E-state index contributed by atoms with van der Waals surface area (Å²) in [7, 11) is 0. The van der Waals surface area contributed by atoms with E-state index in [2.05, 4.69) is 11.6 Å². The molecule has 1 aromatic carbocycles. The SMILES string of the molecule is CSC1CCCCC1C(=O)/C=C1/NC(C)(C)Oc2ccccc21. The molecule has 4 heteroatoms. The van der Waals surface area contributed by atoms with Crippen LogP contribution >= 0.6 is 11.8 Å². The fourth-order valence-electron chi connectivity index (χ4n) is 3.54. The van der Waals surface area contributed by atoms with Crippen LogP contribution in [-0.4, -0.2) is 23.0 Å². The van der Waals surface area contributed by atoms with E-state index < -0.39 is 5.72 Å². The molecule has 0 bridgehead atoms. The zero-order valence-electron chi connectivity index (χ0n) is 14.1. The number of allylic oxidation sites excluding steroid dienone is 1. The summed E-state index contributed by atoms with van der Waals surface area (Å²) in [5, 5.41) is 3.82. The van der Waals surface area contributed by atoms with Gasteiger partial charge in [0.2, 0.25) is 0 Å². The average Bonchev–Trinajstić information content (AvgIpc) is 2.53. The van der Waals surface area contributed by atoms with Gasteiger partial charge in [0.25, 0.3) is 0 Å². The lowest BCUT2D eigenvalue weighted by Gasteiger charge is -2.36. The lowest BCUT2D eigenvalue weighted by Crippen LogP contribution is -2.46. The van der Waals surface area contributed by atoms with Crippen molar-refractivity contribution in [2.75, 3.05) is 6.26 Å². The molecule has 1 aliphatic heterocycles. The standard InChI is InChI=1S/C19H25NO2S/c1-19(2)20-15(13-8-4-6-10-17(13)22-19)12-16(21)14-9-5-7-11-18(14)23-3/h4,6,8,10,12,14,18,20H,5,7,9,11H2,1-3H3/b15-12+. The number of fused-ring (bicyclic) bond motifs is 1. The van der Waals surface area contributed by atoms with Gasteiger partial charge in [0.15, 0.2) is 11.5 Å². The summed E-state index contributed by atoms with van der Waals surface area (Å²) >= 11 is 1.83. The monoisotopic (exact) mass is 331 g/mol. The fraction of sp³-hybridized carbons (Fsp3) is 0.526. The van der Waals surface area contributed by atoms with Crippen molar-refractivity contribution >= 4 is 23.2 Å². The van der Waals surface area contributed by atoms with E-state index in [1.807, 2.05) is 56.0 Å². The molecule has 2 aliphatic rings. The Hall–Kier alpha value is -1.42. The molecular formula is C19H25NO2S. The van der Waals surface area contributed by atoms with Crippen molar-refractivity contribution in [1.82, 2.24) is 5.32 Å². The van der Waals surface area contributed by atoms with Gasteiger partial charge in [-0.1, -0.05) is 25.0 Å². The number of rotatable bonds is 3. The first kappa shape index (κ1) is 16.4. The summed E-state index contributed by atoms with van der Waals surface area (Å²) in [5.41, 5.74) is 1.34. The average molecular weight is 331 g/mol. The van der Waals surface area contributed by atoms with E-state index in [0.717, 1.165) is 36.3 Å². The Morgan fingerprint density at radius 3 is 2.83 bits per heavy atom. The smallest absolute Gasteiger partial charge is 0.175 e. The van der Waals surface area contributed by atoms with Crippen LogP contribution < -0.4 is 10.1 Å². The van der Waals surface area contributed by atoms with Crippen molar-refractivity contribution in [2.24, 2.45) is 5.92 Å². The number of para-hydroxylation sites is 1. The summed E-state index contributed by atoms with van der Waals surface area (Å²) in [6, 6.07) is 7.90. The minimum Gasteiger partial charge on any atom is -0.468 e. The molecule has 1 aromatic rings. The van der Waals surface area contributed by atoms with Gasteiger partial charge in [-0.05, 0) is 45.1 Å². The van der Waals surface area contributed by atoms with E-state index in [4.69, 9.17) is 4.74 Å². The van der Waals surface area contributed by atoms with Gasteiger partial charge >= 0.3 is 0 Å². The number of thioether (sulfide) groups is 1. The highest BCUT2D eigenvalue weighted by atomic mass is 32.2. The quantitative estimate of drug-likeness (QED) is 0.841. The molecule has 0 saturated heterocycles. The van der Waals surface area contributed by atoms with E-state index in [0.29, 0.717) is 5.25 Å². The number of carbonyl (C=O) groups is 1. The van der Waals surface area contributed by atoms with Crippen LogP contribution in [0.3, 0.4) is 0 Å². The highest BCUT2D eigenvalue weighted by molar-refractivity contribution is 7.99. The summed E-state index contributed by atoms with van der Waals surface area (Å²) in [6.45, 7) is 3.96. The summed E-state index contributed by atoms with van der Waals surface area (Å²) < 4.78 is 5.95. The number of ether oxygens (including phenoxy) is 1. The largest absolute Gasteiger partial charge is 0.468 e. The normalized spacial score (nSPS) is 27.7. The van der Waals surface area contributed by atoms with Crippen molar-refractivity contribution in [2.45, 2.75) is 50.5 Å². The van der Waals surface area contributed by atoms with Crippen molar-refractivity contribution < 1.29 is 9.53 Å². The van der Waals surface area contributed by atoms with Crippen LogP contribution in [0, 0.1) is 5.92 Å². The van der Waals surface area contributed by atoms with E-state index in [-0.39, 0.29) is 11.7 Å². The number of benzene rings is 1. The molecule has 3 nitrogen and oxygen atoms in total. The topological polar surface area (TPSA) is 38.3 Å². The van der Waals surface area contributed by atoms with Crippen LogP contribution in [0.5, 0.6) is 5.75 Å². The van der Waals surface area contributed by atoms with E-state index in [9.17, 15) is 4.79 Å². The van der Waals surface area contributed by atoms with Crippen LogP contribution in [0.25, 0.3) is 5.70 Å². The Morgan fingerprint density at radius 2 is 2.04 bits per heavy atom. The van der Waals surface area contributed by atoms with Crippen LogP contribution in [0.1, 0.15) is 45.1 Å². The third-order valence-corrected chi connectivity index (χ3v) is 5.81. The van der Waals surface area contributed by atoms with Crippen molar-refractivity contribution in [1.29, 1.82) is 0 Å². The van der Waals surface area contributed by atoms with Gasteiger partial charge in [0.05, 0.1) is 5.70 Å². The Balaban J connectivity index is 1.90. The molecule has 23 heavy (non-hydrogen) atoms. The fourth-order valence-corrected chi connectivity index (χ4v) is 4.54. The number of ketones is 1. The Labute approximate surface area is 142 Å². The highest BCUT2D eigenvalue weighted by Gasteiger charge is 2.32. The van der Waals surface area contributed by atoms with Crippen LogP contribution in [0.4, 0.5) is 0 Å². The zero-order valence-corrected chi connectivity index (χ0v) is 14.9. The molecule has 0 spiro atoms. The third-order valence-electron chi connectivity index (χ3n) is 4.64. The van der Waals surface area contributed by atoms with Gasteiger partial charge in [-0.15, -0.1) is 0 Å². The molecule has 1 fully saturated rings. The van der Waals surface area contributed by atoms with E-state index in [1.54, 1.807) is 0 Å². The maximum absolute atomic E-state index is 12.9. The summed E-state index contributed by atoms with van der Waals surface area (Å²) in [6.07, 6.45) is 8.49. The molecule has 1 heterocycles. The molecule has 1 aliphatic carbocycles. The molecule has 3 rings (SSSR count). The van der Waals surface area contributed by atoms with Crippen LogP contribution in [0.2, 0.25) is 0 Å². The van der Waals surface area contributed by atoms with Crippen LogP contribution in [-0.2, 0) is 4.79 Å². The maximum Gasteiger partial charge on any atom is 0.175 e. The number of hydrogen-bond donors (Lipinski definition) is 1. The molecule has 124 valence electrons. The zero-order chi connectivity index (χ0) is 16.4. The van der Waals surface area contributed by atoms with Crippen LogP contribution in [0.15, 0.2) is 30.3 Å². The number of carbonyl (C=O) groups excluding carboxylic acids is 1. The first-order valence-electron chi connectivity index (χ1n) is 8.35. The van der Waals surface area contributed by atoms with Gasteiger partial charge < -0.3 is 10.1 Å². The third kappa shape index (κ3) is 3.57. The predicted molar refractivity (Wildman–Crippen MR) is 96.5 cm³/mol. The molecule has 2 atom stereocenters. The van der Waals surface area contributed by atoms with Gasteiger partial charge in [0.1, 0.15) is 5.75 Å². The predicted octanol–water partition coefficient (Wildman–Crippen LogP) is 4.24. The Kier molecular flexibility index (Phi) is 4.72. The second kappa shape index (κ2) is 6.60. The molecule has 0 radical (unpaired) electrons. The minimum absolute atomic E-state index is 0.145. The first-order chi connectivity index (χ1) is 11.0. The molecular weight excluding hydrogens is 306 g/mol. The molecule has 1 saturated carbocycles. The second-order valence-electron chi connectivity index (χ2n) is 6.86. The summed E-state index contributed by atoms with van der Waals surface area (Å²) in [5.74, 6) is 1.23. The Morgan fingerprint density at radius 1 is 1.30 bits per heavy atom. The van der Waals surface area contributed by atoms with E-state index in [1.165, 1.54) is 6.42 Å². The lowest BCUT2D eigenvalue weighted by molar-refractivity contribution is -0.118. The Bertz CT molecular complexity index is 624. The van der Waals surface area contributed by atoms with Gasteiger partial charge in [0, 0.05) is 22.8 Å². The van der Waals surface area contributed by atoms with Crippen molar-refractivity contribution in [3.63, 3.8) is 0 Å². The maximum atomic E-state index is 12.9. The van der Waals surface area contributed by atoms with E-state index >= 15 is 0 Å². The van der Waals surface area contributed by atoms with Gasteiger partial charge in [-0.3, -0.25) is 4.79 Å². The lowest BCUT2D eigenvalue weighted by atomic mass is 9.85. The molecule has 1 N–H and O–H groups in total. The molecule has 2 unspecified atom stereocenters. The van der Waals surface area contributed by atoms with Crippen molar-refractivity contribution in [3.05, 3.63) is 35.9 Å². The number of nitrogens with one attached hydrogen (secondary N) is 1. The highest BCUT2D eigenvalue weighted by Crippen LogP contribution is 2.36. The van der Waals surface area contributed by atoms with Gasteiger partial charge in [-0.2, -0.15) is 11.8 Å². The second-order valence-corrected chi connectivity index (χ2v) is 7.94. The van der Waals surface area contributed by atoms with Gasteiger partial charge in [-0.25, -0.2) is 0 Å². The summed E-state index contributed by atoms with van der Waals surface area (Å²) in [4.78, 5) is 12.9. The minimum atomic E-state index is -0.508. The molecule has 0 aromatic heterocycles. The molecule has 0 amide bonds.